The molecule has 0 atom stereocenters. The second-order valence-electron chi connectivity index (χ2n) is 5.22. The molecule has 2 aromatic carbocycles. The predicted molar refractivity (Wildman–Crippen MR) is 102 cm³/mol. The fourth-order valence-corrected chi connectivity index (χ4v) is 2.26. The largest absolute Gasteiger partial charge is 0.490 e. The number of benzene rings is 2. The number of ether oxygens (including phenoxy) is 2. The topological polar surface area (TPSA) is 59.6 Å². The zero-order valence-corrected chi connectivity index (χ0v) is 15.0. The Balaban J connectivity index is 1.86. The van der Waals surface area contributed by atoms with Gasteiger partial charge < -0.3 is 14.8 Å². The van der Waals surface area contributed by atoms with Crippen LogP contribution >= 0.6 is 12.2 Å². The fraction of sp³-hybridized carbons (Fsp3) is 0.263. The summed E-state index contributed by atoms with van der Waals surface area (Å²) in [4.78, 5) is 12.3. The summed E-state index contributed by atoms with van der Waals surface area (Å²) in [6.45, 7) is 3.46. The lowest BCUT2D eigenvalue weighted by Crippen LogP contribution is -2.39. The van der Waals surface area contributed by atoms with Gasteiger partial charge in [0.25, 0.3) is 5.91 Å². The summed E-state index contributed by atoms with van der Waals surface area (Å²) in [5, 5.41) is 5.93. The third kappa shape index (κ3) is 6.43. The van der Waals surface area contributed by atoms with Crippen molar-refractivity contribution in [3.8, 4) is 11.5 Å². The van der Waals surface area contributed by atoms with Crippen molar-refractivity contribution >= 4 is 23.2 Å². The van der Waals surface area contributed by atoms with Gasteiger partial charge in [0.2, 0.25) is 0 Å². The van der Waals surface area contributed by atoms with E-state index in [0.29, 0.717) is 36.2 Å². The number of nitrogens with one attached hydrogen (secondary N) is 2. The van der Waals surface area contributed by atoms with Gasteiger partial charge in [-0.15, -0.1) is 0 Å². The molecule has 0 aliphatic heterocycles. The smallest absolute Gasteiger partial charge is 0.261 e. The van der Waals surface area contributed by atoms with Gasteiger partial charge in [-0.25, -0.2) is 0 Å². The number of hydrogen-bond donors (Lipinski definition) is 2. The van der Waals surface area contributed by atoms with Crippen molar-refractivity contribution in [3.63, 3.8) is 0 Å². The molecule has 0 radical (unpaired) electrons. The maximum absolute atomic E-state index is 12.3. The number of carbonyl (C=O) groups is 1. The summed E-state index contributed by atoms with van der Waals surface area (Å²) in [5.41, 5.74) is 0.433. The van der Waals surface area contributed by atoms with Crippen molar-refractivity contribution in [2.75, 3.05) is 19.8 Å². The van der Waals surface area contributed by atoms with E-state index >= 15 is 0 Å². The van der Waals surface area contributed by atoms with Crippen molar-refractivity contribution in [1.29, 1.82) is 0 Å². The second-order valence-corrected chi connectivity index (χ2v) is 5.62. The van der Waals surface area contributed by atoms with Gasteiger partial charge in [-0.1, -0.05) is 37.3 Å². The molecular weight excluding hydrogens is 336 g/mol. The molecule has 132 valence electrons. The first kappa shape index (κ1) is 18.7. The lowest BCUT2D eigenvalue weighted by Gasteiger charge is -2.13. The van der Waals surface area contributed by atoms with Gasteiger partial charge in [0.1, 0.15) is 24.7 Å². The lowest BCUT2D eigenvalue weighted by molar-refractivity contribution is 0.0971. The van der Waals surface area contributed by atoms with Crippen LogP contribution in [0.5, 0.6) is 11.5 Å². The van der Waals surface area contributed by atoms with Crippen LogP contribution in [0.4, 0.5) is 0 Å². The van der Waals surface area contributed by atoms with E-state index in [2.05, 4.69) is 10.6 Å². The van der Waals surface area contributed by atoms with E-state index in [4.69, 9.17) is 21.7 Å². The molecule has 0 saturated carbocycles. The summed E-state index contributed by atoms with van der Waals surface area (Å²) in [6.07, 6.45) is 0.928. The quantitative estimate of drug-likeness (QED) is 0.561. The molecule has 0 bridgehead atoms. The molecule has 0 saturated heterocycles. The molecule has 0 aromatic heterocycles. The summed E-state index contributed by atoms with van der Waals surface area (Å²) >= 11 is 5.10. The Hall–Kier alpha value is -2.60. The molecule has 25 heavy (non-hydrogen) atoms. The third-order valence-electron chi connectivity index (χ3n) is 3.25. The standard InChI is InChI=1S/C19H22N2O3S/c1-2-12-20-19(25)21-18(22)16-10-6-7-11-17(16)24-14-13-23-15-8-4-3-5-9-15/h3-11H,2,12-14H2,1H3,(H2,20,21,22,25). The Kier molecular flexibility index (Phi) is 7.72. The van der Waals surface area contributed by atoms with Gasteiger partial charge in [-0.3, -0.25) is 10.1 Å². The van der Waals surface area contributed by atoms with E-state index in [1.165, 1.54) is 0 Å². The Morgan fingerprint density at radius 3 is 2.44 bits per heavy atom. The molecule has 0 unspecified atom stereocenters. The lowest BCUT2D eigenvalue weighted by atomic mass is 10.2. The van der Waals surface area contributed by atoms with Crippen molar-refractivity contribution in [2.24, 2.45) is 0 Å². The van der Waals surface area contributed by atoms with Gasteiger partial charge in [-0.05, 0) is 42.9 Å². The maximum atomic E-state index is 12.3. The number of thiocarbonyl (C=S) groups is 1. The van der Waals surface area contributed by atoms with Crippen LogP contribution < -0.4 is 20.1 Å². The monoisotopic (exact) mass is 358 g/mol. The molecule has 0 spiro atoms. The van der Waals surface area contributed by atoms with Gasteiger partial charge in [0, 0.05) is 6.54 Å². The van der Waals surface area contributed by atoms with Gasteiger partial charge in [0.15, 0.2) is 5.11 Å². The van der Waals surface area contributed by atoms with E-state index in [1.807, 2.05) is 43.3 Å². The minimum Gasteiger partial charge on any atom is -0.490 e. The normalized spacial score (nSPS) is 9.96. The summed E-state index contributed by atoms with van der Waals surface area (Å²) in [7, 11) is 0. The average molecular weight is 358 g/mol. The van der Waals surface area contributed by atoms with Gasteiger partial charge >= 0.3 is 0 Å². The van der Waals surface area contributed by atoms with E-state index < -0.39 is 0 Å². The average Bonchev–Trinajstić information content (AvgIpc) is 2.64. The van der Waals surface area contributed by atoms with Crippen LogP contribution in [0.15, 0.2) is 54.6 Å². The summed E-state index contributed by atoms with van der Waals surface area (Å²) in [6, 6.07) is 16.6. The Labute approximate surface area is 153 Å². The number of hydrogen-bond acceptors (Lipinski definition) is 4. The van der Waals surface area contributed by atoms with Crippen LogP contribution in [-0.4, -0.2) is 30.8 Å². The molecule has 0 fully saturated rings. The maximum Gasteiger partial charge on any atom is 0.261 e. The number of amides is 1. The van der Waals surface area contributed by atoms with E-state index in [-0.39, 0.29) is 5.91 Å². The minimum atomic E-state index is -0.298. The summed E-state index contributed by atoms with van der Waals surface area (Å²) < 4.78 is 11.3. The van der Waals surface area contributed by atoms with Crippen molar-refractivity contribution in [1.82, 2.24) is 10.6 Å². The summed E-state index contributed by atoms with van der Waals surface area (Å²) in [5.74, 6) is 0.979. The molecular formula is C19H22N2O3S. The molecule has 0 aliphatic rings. The highest BCUT2D eigenvalue weighted by Gasteiger charge is 2.13. The van der Waals surface area contributed by atoms with Crippen molar-refractivity contribution < 1.29 is 14.3 Å². The fourth-order valence-electron chi connectivity index (χ4n) is 2.06. The molecule has 0 aliphatic carbocycles. The highest BCUT2D eigenvalue weighted by atomic mass is 32.1. The van der Waals surface area contributed by atoms with Gasteiger partial charge in [-0.2, -0.15) is 0 Å². The van der Waals surface area contributed by atoms with Crippen LogP contribution in [0.1, 0.15) is 23.7 Å². The molecule has 0 heterocycles. The number of rotatable bonds is 8. The molecule has 2 N–H and O–H groups in total. The number of carbonyl (C=O) groups excluding carboxylic acids is 1. The zero-order valence-electron chi connectivity index (χ0n) is 14.2. The van der Waals surface area contributed by atoms with Crippen LogP contribution in [0.2, 0.25) is 0 Å². The third-order valence-corrected chi connectivity index (χ3v) is 3.49. The SMILES string of the molecule is CCCNC(=S)NC(=O)c1ccccc1OCCOc1ccccc1. The molecule has 6 heteroatoms. The first-order valence-corrected chi connectivity index (χ1v) is 8.60. The Morgan fingerprint density at radius 1 is 1.00 bits per heavy atom. The highest BCUT2D eigenvalue weighted by molar-refractivity contribution is 7.80. The highest BCUT2D eigenvalue weighted by Crippen LogP contribution is 2.18. The van der Waals surface area contributed by atoms with Crippen molar-refractivity contribution in [3.05, 3.63) is 60.2 Å². The molecule has 1 amide bonds. The van der Waals surface area contributed by atoms with Gasteiger partial charge in [0.05, 0.1) is 5.56 Å². The zero-order chi connectivity index (χ0) is 17.9. The van der Waals surface area contributed by atoms with Crippen LogP contribution in [0.25, 0.3) is 0 Å². The Morgan fingerprint density at radius 2 is 1.68 bits per heavy atom. The van der Waals surface area contributed by atoms with Crippen LogP contribution in [0, 0.1) is 0 Å². The van der Waals surface area contributed by atoms with E-state index in [1.54, 1.807) is 18.2 Å². The van der Waals surface area contributed by atoms with E-state index in [0.717, 1.165) is 12.2 Å². The van der Waals surface area contributed by atoms with Crippen LogP contribution in [-0.2, 0) is 0 Å². The van der Waals surface area contributed by atoms with E-state index in [9.17, 15) is 4.79 Å². The molecule has 2 aromatic rings. The predicted octanol–water partition coefficient (Wildman–Crippen LogP) is 3.16. The first-order valence-electron chi connectivity index (χ1n) is 8.19. The first-order chi connectivity index (χ1) is 12.2. The molecule has 2 rings (SSSR count). The minimum absolute atomic E-state index is 0.298. The Bertz CT molecular complexity index is 692. The number of para-hydroxylation sites is 2. The van der Waals surface area contributed by atoms with Crippen molar-refractivity contribution in [2.45, 2.75) is 13.3 Å². The molecule has 5 nitrogen and oxygen atoms in total. The van der Waals surface area contributed by atoms with Crippen LogP contribution in [0.3, 0.4) is 0 Å². The second kappa shape index (κ2) is 10.3.